The minimum absolute atomic E-state index is 0.0962. The molecule has 0 radical (unpaired) electrons. The van der Waals surface area contributed by atoms with Gasteiger partial charge < -0.3 is 20.3 Å². The number of rotatable bonds is 7. The fourth-order valence-electron chi connectivity index (χ4n) is 3.71. The van der Waals surface area contributed by atoms with Crippen LogP contribution in [0.25, 0.3) is 0 Å². The highest BCUT2D eigenvalue weighted by molar-refractivity contribution is 5.86. The number of amides is 2. The van der Waals surface area contributed by atoms with Gasteiger partial charge in [0.1, 0.15) is 5.75 Å². The van der Waals surface area contributed by atoms with E-state index in [0.717, 1.165) is 17.7 Å². The summed E-state index contributed by atoms with van der Waals surface area (Å²) in [5.41, 5.74) is 3.19. The van der Waals surface area contributed by atoms with Crippen LogP contribution in [0.15, 0.2) is 48.5 Å². The Labute approximate surface area is 178 Å². The molecule has 0 aliphatic carbocycles. The van der Waals surface area contributed by atoms with Crippen molar-refractivity contribution >= 4 is 17.5 Å². The van der Waals surface area contributed by atoms with E-state index in [1.807, 2.05) is 36.1 Å². The third kappa shape index (κ3) is 5.32. The second-order valence-electron chi connectivity index (χ2n) is 8.20. The maximum atomic E-state index is 12.8. The lowest BCUT2D eigenvalue weighted by atomic mass is 10.00. The lowest BCUT2D eigenvalue weighted by Crippen LogP contribution is -2.50. The fourth-order valence-corrected chi connectivity index (χ4v) is 3.71. The van der Waals surface area contributed by atoms with Crippen molar-refractivity contribution in [2.45, 2.75) is 39.3 Å². The van der Waals surface area contributed by atoms with Gasteiger partial charge in [0.25, 0.3) is 5.91 Å². The fraction of sp³-hybridized carbons (Fsp3) is 0.417. The van der Waals surface area contributed by atoms with Crippen LogP contribution in [0.4, 0.5) is 5.69 Å². The van der Waals surface area contributed by atoms with E-state index in [0.29, 0.717) is 18.2 Å². The lowest BCUT2D eigenvalue weighted by molar-refractivity contribution is -0.127. The summed E-state index contributed by atoms with van der Waals surface area (Å²) in [4.78, 5) is 26.8. The number of para-hydroxylation sites is 2. The molecule has 0 fully saturated rings. The molecule has 2 amide bonds. The summed E-state index contributed by atoms with van der Waals surface area (Å²) >= 11 is 0. The van der Waals surface area contributed by atoms with Crippen LogP contribution in [0.3, 0.4) is 0 Å². The first-order valence-corrected chi connectivity index (χ1v) is 10.5. The number of carbonyl (C=O) groups excluding carboxylic acids is 2. The Morgan fingerprint density at radius 3 is 2.47 bits per heavy atom. The SMILES string of the molecule is CNC(=O)C1CN(CC(=O)NC(C)c2ccc(CC(C)C)cc2)c2ccccc2O1. The Morgan fingerprint density at radius 2 is 1.80 bits per heavy atom. The molecular formula is C24H31N3O3. The summed E-state index contributed by atoms with van der Waals surface area (Å²) in [6, 6.07) is 15.8. The maximum absolute atomic E-state index is 12.8. The van der Waals surface area contributed by atoms with Crippen LogP contribution < -0.4 is 20.3 Å². The molecule has 2 atom stereocenters. The van der Waals surface area contributed by atoms with Crippen molar-refractivity contribution in [3.63, 3.8) is 0 Å². The van der Waals surface area contributed by atoms with Gasteiger partial charge in [-0.25, -0.2) is 0 Å². The molecule has 2 aromatic carbocycles. The molecule has 0 saturated carbocycles. The zero-order valence-corrected chi connectivity index (χ0v) is 18.1. The van der Waals surface area contributed by atoms with Crippen LogP contribution in [0.1, 0.15) is 37.9 Å². The standard InChI is InChI=1S/C24H31N3O3/c1-16(2)13-18-9-11-19(12-10-18)17(3)26-23(28)15-27-14-22(24(29)25-4)30-21-8-6-5-7-20(21)27/h5-12,16-17,22H,13-15H2,1-4H3,(H,25,29)(H,26,28). The topological polar surface area (TPSA) is 70.7 Å². The monoisotopic (exact) mass is 409 g/mol. The van der Waals surface area contributed by atoms with E-state index in [2.05, 4.69) is 48.7 Å². The molecule has 3 rings (SSSR count). The van der Waals surface area contributed by atoms with Gasteiger partial charge in [-0.1, -0.05) is 50.2 Å². The van der Waals surface area contributed by atoms with Gasteiger partial charge in [0.2, 0.25) is 5.91 Å². The summed E-state index contributed by atoms with van der Waals surface area (Å²) in [6.45, 7) is 6.87. The number of carbonyl (C=O) groups is 2. The highest BCUT2D eigenvalue weighted by Gasteiger charge is 2.31. The Bertz CT molecular complexity index is 880. The summed E-state index contributed by atoms with van der Waals surface area (Å²) in [7, 11) is 1.58. The molecule has 2 aromatic rings. The zero-order valence-electron chi connectivity index (χ0n) is 18.1. The number of nitrogens with one attached hydrogen (secondary N) is 2. The van der Waals surface area contributed by atoms with Gasteiger partial charge in [-0.3, -0.25) is 9.59 Å². The average molecular weight is 410 g/mol. The first kappa shape index (κ1) is 21.7. The first-order valence-electron chi connectivity index (χ1n) is 10.5. The Balaban J connectivity index is 1.65. The number of likely N-dealkylation sites (N-methyl/N-ethyl adjacent to an activating group) is 1. The van der Waals surface area contributed by atoms with E-state index in [1.54, 1.807) is 7.05 Å². The third-order valence-corrected chi connectivity index (χ3v) is 5.24. The molecule has 0 saturated heterocycles. The van der Waals surface area contributed by atoms with Crippen LogP contribution >= 0.6 is 0 Å². The zero-order chi connectivity index (χ0) is 21.7. The number of benzene rings is 2. The number of anilines is 1. The molecule has 0 spiro atoms. The van der Waals surface area contributed by atoms with Crippen molar-refractivity contribution in [3.05, 3.63) is 59.7 Å². The summed E-state index contributed by atoms with van der Waals surface area (Å²) < 4.78 is 5.80. The van der Waals surface area contributed by atoms with Gasteiger partial charge in [0.15, 0.2) is 6.10 Å². The largest absolute Gasteiger partial charge is 0.477 e. The van der Waals surface area contributed by atoms with Crippen molar-refractivity contribution in [2.75, 3.05) is 25.0 Å². The number of fused-ring (bicyclic) bond motifs is 1. The Morgan fingerprint density at radius 1 is 1.10 bits per heavy atom. The second-order valence-corrected chi connectivity index (χ2v) is 8.20. The van der Waals surface area contributed by atoms with E-state index in [1.165, 1.54) is 5.56 Å². The van der Waals surface area contributed by atoms with E-state index >= 15 is 0 Å². The molecule has 1 aliphatic rings. The highest BCUT2D eigenvalue weighted by atomic mass is 16.5. The van der Waals surface area contributed by atoms with Crippen molar-refractivity contribution in [1.29, 1.82) is 0 Å². The number of hydrogen-bond acceptors (Lipinski definition) is 4. The first-order chi connectivity index (χ1) is 14.4. The molecule has 2 unspecified atom stereocenters. The lowest BCUT2D eigenvalue weighted by Gasteiger charge is -2.35. The third-order valence-electron chi connectivity index (χ3n) is 5.24. The molecule has 6 nitrogen and oxygen atoms in total. The summed E-state index contributed by atoms with van der Waals surface area (Å²) in [6.07, 6.45) is 0.396. The van der Waals surface area contributed by atoms with E-state index < -0.39 is 6.10 Å². The molecule has 6 heteroatoms. The van der Waals surface area contributed by atoms with Crippen LogP contribution in [-0.4, -0.2) is 38.1 Å². The molecule has 1 aliphatic heterocycles. The average Bonchev–Trinajstić information content (AvgIpc) is 2.73. The molecule has 2 N–H and O–H groups in total. The van der Waals surface area contributed by atoms with Gasteiger partial charge in [0, 0.05) is 7.05 Å². The molecule has 1 heterocycles. The van der Waals surface area contributed by atoms with Crippen LogP contribution in [0.2, 0.25) is 0 Å². The van der Waals surface area contributed by atoms with Crippen molar-refractivity contribution in [2.24, 2.45) is 5.92 Å². The number of ether oxygens (including phenoxy) is 1. The number of nitrogens with zero attached hydrogens (tertiary/aromatic N) is 1. The predicted molar refractivity (Wildman–Crippen MR) is 119 cm³/mol. The van der Waals surface area contributed by atoms with E-state index in [-0.39, 0.29) is 24.4 Å². The molecule has 0 bridgehead atoms. The van der Waals surface area contributed by atoms with Gasteiger partial charge in [0.05, 0.1) is 24.8 Å². The minimum atomic E-state index is -0.649. The van der Waals surface area contributed by atoms with Gasteiger partial charge in [-0.2, -0.15) is 0 Å². The summed E-state index contributed by atoms with van der Waals surface area (Å²) in [5.74, 6) is 0.924. The normalized spacial score (nSPS) is 16.4. The quantitative estimate of drug-likeness (QED) is 0.737. The van der Waals surface area contributed by atoms with Crippen molar-refractivity contribution in [3.8, 4) is 5.75 Å². The smallest absolute Gasteiger partial charge is 0.262 e. The van der Waals surface area contributed by atoms with Crippen molar-refractivity contribution < 1.29 is 14.3 Å². The maximum Gasteiger partial charge on any atom is 0.262 e. The Kier molecular flexibility index (Phi) is 6.98. The summed E-state index contributed by atoms with van der Waals surface area (Å²) in [5, 5.41) is 5.69. The molecule has 0 aromatic heterocycles. The predicted octanol–water partition coefficient (Wildman–Crippen LogP) is 3.08. The second kappa shape index (κ2) is 9.65. The Hall–Kier alpha value is -3.02. The highest BCUT2D eigenvalue weighted by Crippen LogP contribution is 2.32. The van der Waals surface area contributed by atoms with Crippen LogP contribution in [0, 0.1) is 5.92 Å². The van der Waals surface area contributed by atoms with Crippen LogP contribution in [-0.2, 0) is 16.0 Å². The van der Waals surface area contributed by atoms with Gasteiger partial charge in [-0.15, -0.1) is 0 Å². The van der Waals surface area contributed by atoms with Crippen LogP contribution in [0.5, 0.6) is 5.75 Å². The van der Waals surface area contributed by atoms with E-state index in [9.17, 15) is 9.59 Å². The molecule has 30 heavy (non-hydrogen) atoms. The number of hydrogen-bond donors (Lipinski definition) is 2. The van der Waals surface area contributed by atoms with E-state index in [4.69, 9.17) is 4.74 Å². The van der Waals surface area contributed by atoms with Gasteiger partial charge >= 0.3 is 0 Å². The minimum Gasteiger partial charge on any atom is -0.477 e. The van der Waals surface area contributed by atoms with Gasteiger partial charge in [-0.05, 0) is 42.5 Å². The molecular weight excluding hydrogens is 378 g/mol. The molecule has 160 valence electrons. The van der Waals surface area contributed by atoms with Crippen molar-refractivity contribution in [1.82, 2.24) is 10.6 Å².